The fourth-order valence-corrected chi connectivity index (χ4v) is 6.29. The minimum absolute atomic E-state index is 0.124. The molecule has 234 valence electrons. The van der Waals surface area contributed by atoms with Crippen LogP contribution in [0.2, 0.25) is 0 Å². The Hall–Kier alpha value is -4.15. The maximum absolute atomic E-state index is 13.7. The molecule has 2 aliphatic rings. The van der Waals surface area contributed by atoms with E-state index in [1.54, 1.807) is 0 Å². The van der Waals surface area contributed by atoms with Gasteiger partial charge in [-0.05, 0) is 79.6 Å². The van der Waals surface area contributed by atoms with E-state index in [0.29, 0.717) is 37.1 Å². The average molecular weight is 602 g/mol. The van der Waals surface area contributed by atoms with E-state index in [2.05, 4.69) is 50.4 Å². The fraction of sp³-hybridized carbons (Fsp3) is 0.441. The number of H-pyrrole nitrogens is 1. The van der Waals surface area contributed by atoms with Gasteiger partial charge in [0, 0.05) is 74.9 Å². The summed E-state index contributed by atoms with van der Waals surface area (Å²) < 4.78 is 5.48. The van der Waals surface area contributed by atoms with Crippen molar-refractivity contribution >= 4 is 17.7 Å². The molecular formula is C34H43N5O5. The lowest BCUT2D eigenvalue weighted by molar-refractivity contribution is 0.0342. The normalized spacial score (nSPS) is 16.1. The number of anilines is 1. The average Bonchev–Trinajstić information content (AvgIpc) is 3.01. The van der Waals surface area contributed by atoms with Gasteiger partial charge in [0.25, 0.3) is 11.5 Å². The first-order chi connectivity index (χ1) is 21.1. The monoisotopic (exact) mass is 601 g/mol. The Labute approximate surface area is 258 Å². The molecule has 0 bridgehead atoms. The summed E-state index contributed by atoms with van der Waals surface area (Å²) in [6.45, 7) is 11.0. The van der Waals surface area contributed by atoms with Gasteiger partial charge in [0.05, 0.1) is 13.2 Å². The standard InChI is InChI=1S/C34H43N5O5/c1-22-17-23(2)36-33(41)30(22)20-35-32(40)29-18-27(26-7-5-25(6-8-26)21-38-13-15-44-16-14-38)19-31(24(29)3)37(4)28-9-11-39(12-10-28)34(42)43/h5-8,17-19,28H,9-16,20-21H2,1-4H3,(H,35,40)(H,36,41)(H,42,43). The lowest BCUT2D eigenvalue weighted by atomic mass is 9.94. The highest BCUT2D eigenvalue weighted by atomic mass is 16.5. The van der Waals surface area contributed by atoms with Gasteiger partial charge >= 0.3 is 6.09 Å². The second kappa shape index (κ2) is 13.7. The maximum Gasteiger partial charge on any atom is 0.407 e. The molecule has 2 aliphatic heterocycles. The van der Waals surface area contributed by atoms with Crippen molar-refractivity contribution in [3.05, 3.63) is 86.3 Å². The number of hydrogen-bond donors (Lipinski definition) is 3. The summed E-state index contributed by atoms with van der Waals surface area (Å²) in [5.74, 6) is -0.247. The third kappa shape index (κ3) is 7.14. The van der Waals surface area contributed by atoms with E-state index < -0.39 is 6.09 Å². The van der Waals surface area contributed by atoms with Gasteiger partial charge in [0.2, 0.25) is 0 Å². The van der Waals surface area contributed by atoms with Gasteiger partial charge in [-0.25, -0.2) is 4.79 Å². The van der Waals surface area contributed by atoms with Gasteiger partial charge in [0.15, 0.2) is 0 Å². The number of likely N-dealkylation sites (tertiary alicyclic amines) is 1. The zero-order chi connectivity index (χ0) is 31.4. The number of piperidine rings is 1. The van der Waals surface area contributed by atoms with Crippen LogP contribution < -0.4 is 15.8 Å². The molecule has 10 heteroatoms. The van der Waals surface area contributed by atoms with Crippen molar-refractivity contribution in [2.24, 2.45) is 0 Å². The van der Waals surface area contributed by atoms with Gasteiger partial charge in [-0.1, -0.05) is 24.3 Å². The number of aromatic amines is 1. The Kier molecular flexibility index (Phi) is 9.71. The third-order valence-electron chi connectivity index (χ3n) is 9.00. The van der Waals surface area contributed by atoms with Crippen molar-refractivity contribution in [1.82, 2.24) is 20.1 Å². The number of aryl methyl sites for hydroxylation is 2. The van der Waals surface area contributed by atoms with E-state index in [1.165, 1.54) is 10.5 Å². The van der Waals surface area contributed by atoms with Crippen LogP contribution in [-0.4, -0.2) is 84.4 Å². The summed E-state index contributed by atoms with van der Waals surface area (Å²) in [7, 11) is 2.02. The van der Waals surface area contributed by atoms with Gasteiger partial charge in [-0.3, -0.25) is 14.5 Å². The molecule has 3 aromatic rings. The molecule has 0 aliphatic carbocycles. The molecule has 44 heavy (non-hydrogen) atoms. The number of carbonyl (C=O) groups excluding carboxylic acids is 1. The maximum atomic E-state index is 13.7. The van der Waals surface area contributed by atoms with Crippen LogP contribution in [0.15, 0.2) is 47.3 Å². The molecule has 0 radical (unpaired) electrons. The number of aromatic nitrogens is 1. The summed E-state index contributed by atoms with van der Waals surface area (Å²) in [5, 5.41) is 12.4. The molecule has 0 atom stereocenters. The molecule has 5 rings (SSSR count). The first-order valence-corrected chi connectivity index (χ1v) is 15.3. The van der Waals surface area contributed by atoms with E-state index in [0.717, 1.165) is 66.5 Å². The molecule has 10 nitrogen and oxygen atoms in total. The summed E-state index contributed by atoms with van der Waals surface area (Å²) in [6, 6.07) is 14.6. The van der Waals surface area contributed by atoms with Crippen LogP contribution in [0.25, 0.3) is 11.1 Å². The first kappa shape index (κ1) is 31.3. The number of rotatable bonds is 8. The minimum atomic E-state index is -0.886. The number of hydrogen-bond acceptors (Lipinski definition) is 6. The number of nitrogens with zero attached hydrogens (tertiary/aromatic N) is 3. The van der Waals surface area contributed by atoms with E-state index in [4.69, 9.17) is 4.74 Å². The van der Waals surface area contributed by atoms with Crippen molar-refractivity contribution in [2.45, 2.75) is 52.7 Å². The van der Waals surface area contributed by atoms with E-state index in [-0.39, 0.29) is 24.1 Å². The van der Waals surface area contributed by atoms with Gasteiger partial charge in [-0.2, -0.15) is 0 Å². The molecule has 2 saturated heterocycles. The number of amides is 2. The lowest BCUT2D eigenvalue weighted by Crippen LogP contribution is -2.45. The number of morpholine rings is 1. The smallest absolute Gasteiger partial charge is 0.407 e. The summed E-state index contributed by atoms with van der Waals surface area (Å²) in [6.07, 6.45) is 0.530. The van der Waals surface area contributed by atoms with Crippen LogP contribution in [0.5, 0.6) is 0 Å². The molecule has 3 heterocycles. The Morgan fingerprint density at radius 1 is 1.00 bits per heavy atom. The molecule has 3 N–H and O–H groups in total. The number of pyridine rings is 1. The predicted molar refractivity (Wildman–Crippen MR) is 171 cm³/mol. The predicted octanol–water partition coefficient (Wildman–Crippen LogP) is 4.31. The second-order valence-electron chi connectivity index (χ2n) is 12.0. The lowest BCUT2D eigenvalue weighted by Gasteiger charge is -2.37. The Morgan fingerprint density at radius 2 is 1.68 bits per heavy atom. The van der Waals surface area contributed by atoms with Crippen LogP contribution in [0.3, 0.4) is 0 Å². The first-order valence-electron chi connectivity index (χ1n) is 15.3. The molecule has 2 aromatic carbocycles. The van der Waals surface area contributed by atoms with Crippen molar-refractivity contribution in [1.29, 1.82) is 0 Å². The van der Waals surface area contributed by atoms with Crippen molar-refractivity contribution in [3.8, 4) is 11.1 Å². The zero-order valence-electron chi connectivity index (χ0n) is 26.1. The molecular weight excluding hydrogens is 558 g/mol. The summed E-state index contributed by atoms with van der Waals surface area (Å²) in [5.41, 5.74) is 7.43. The summed E-state index contributed by atoms with van der Waals surface area (Å²) >= 11 is 0. The number of ether oxygens (including phenoxy) is 1. The van der Waals surface area contributed by atoms with Crippen molar-refractivity contribution < 1.29 is 19.4 Å². The fourth-order valence-electron chi connectivity index (χ4n) is 6.29. The Morgan fingerprint density at radius 3 is 2.32 bits per heavy atom. The highest BCUT2D eigenvalue weighted by Gasteiger charge is 2.27. The van der Waals surface area contributed by atoms with Gasteiger partial charge in [0.1, 0.15) is 0 Å². The molecule has 0 unspecified atom stereocenters. The van der Waals surface area contributed by atoms with E-state index >= 15 is 0 Å². The highest BCUT2D eigenvalue weighted by Crippen LogP contribution is 2.33. The van der Waals surface area contributed by atoms with Crippen molar-refractivity contribution in [3.63, 3.8) is 0 Å². The molecule has 0 spiro atoms. The topological polar surface area (TPSA) is 118 Å². The van der Waals surface area contributed by atoms with Crippen molar-refractivity contribution in [2.75, 3.05) is 51.3 Å². The zero-order valence-corrected chi connectivity index (χ0v) is 26.1. The van der Waals surface area contributed by atoms with Gasteiger partial charge in [-0.15, -0.1) is 0 Å². The van der Waals surface area contributed by atoms with Crippen LogP contribution in [0.1, 0.15) is 51.1 Å². The molecule has 2 amide bonds. The van der Waals surface area contributed by atoms with Crippen LogP contribution >= 0.6 is 0 Å². The quantitative estimate of drug-likeness (QED) is 0.352. The third-order valence-corrected chi connectivity index (χ3v) is 9.00. The molecule has 2 fully saturated rings. The number of carbonyl (C=O) groups is 2. The Bertz CT molecular complexity index is 1550. The summed E-state index contributed by atoms with van der Waals surface area (Å²) in [4.78, 5) is 46.6. The number of benzene rings is 2. The number of nitrogens with one attached hydrogen (secondary N) is 2. The minimum Gasteiger partial charge on any atom is -0.465 e. The highest BCUT2D eigenvalue weighted by molar-refractivity contribution is 5.99. The SMILES string of the molecule is Cc1cc(C)c(CNC(=O)c2cc(-c3ccc(CN4CCOCC4)cc3)cc(N(C)C3CCN(C(=O)O)CC3)c2C)c(=O)[nH]1. The Balaban J connectivity index is 1.43. The van der Waals surface area contributed by atoms with E-state index in [1.807, 2.05) is 40.0 Å². The van der Waals surface area contributed by atoms with Gasteiger partial charge < -0.3 is 29.9 Å². The molecule has 0 saturated carbocycles. The van der Waals surface area contributed by atoms with Crippen LogP contribution in [0, 0.1) is 20.8 Å². The second-order valence-corrected chi connectivity index (χ2v) is 12.0. The van der Waals surface area contributed by atoms with Crippen LogP contribution in [0.4, 0.5) is 10.5 Å². The molecule has 1 aromatic heterocycles. The number of carboxylic acid groups (broad SMARTS) is 1. The van der Waals surface area contributed by atoms with E-state index in [9.17, 15) is 19.5 Å². The van der Waals surface area contributed by atoms with Crippen LogP contribution in [-0.2, 0) is 17.8 Å². The largest absolute Gasteiger partial charge is 0.465 e.